The molecule has 2 N–H and O–H groups in total. The Labute approximate surface area is 104 Å². The number of hydrogen-bond acceptors (Lipinski definition) is 3. The fourth-order valence-corrected chi connectivity index (χ4v) is 1.67. The van der Waals surface area contributed by atoms with Crippen LogP contribution in [0.4, 0.5) is 13.2 Å². The van der Waals surface area contributed by atoms with Crippen LogP contribution in [0.2, 0.25) is 0 Å². The lowest BCUT2D eigenvalue weighted by Crippen LogP contribution is -2.34. The Morgan fingerprint density at radius 2 is 2.00 bits per heavy atom. The standard InChI is InChI=1S/C12H16F3NO2/c1-18-7-9-4-2-3-5-10(9)11(6-17)16-8-12(13,14)15/h2-5,11,16-17H,6-8H2,1H3. The minimum absolute atomic E-state index is 0.292. The number of benzene rings is 1. The van der Waals surface area contributed by atoms with Crippen molar-refractivity contribution < 1.29 is 23.0 Å². The van der Waals surface area contributed by atoms with Crippen LogP contribution >= 0.6 is 0 Å². The smallest absolute Gasteiger partial charge is 0.394 e. The molecule has 18 heavy (non-hydrogen) atoms. The van der Waals surface area contributed by atoms with Crippen LogP contribution in [0.5, 0.6) is 0 Å². The summed E-state index contributed by atoms with van der Waals surface area (Å²) in [7, 11) is 1.51. The monoisotopic (exact) mass is 263 g/mol. The van der Waals surface area contributed by atoms with Gasteiger partial charge in [0.25, 0.3) is 0 Å². The first-order chi connectivity index (χ1) is 8.48. The van der Waals surface area contributed by atoms with Crippen molar-refractivity contribution in [3.8, 4) is 0 Å². The van der Waals surface area contributed by atoms with Crippen molar-refractivity contribution in [3.63, 3.8) is 0 Å². The van der Waals surface area contributed by atoms with Gasteiger partial charge in [0.05, 0.1) is 25.8 Å². The van der Waals surface area contributed by atoms with E-state index in [1.54, 1.807) is 24.3 Å². The Balaban J connectivity index is 2.81. The fraction of sp³-hybridized carbons (Fsp3) is 0.500. The molecule has 0 fully saturated rings. The molecule has 0 aliphatic heterocycles. The molecule has 0 saturated heterocycles. The van der Waals surface area contributed by atoms with E-state index < -0.39 is 25.4 Å². The second-order valence-corrected chi connectivity index (χ2v) is 3.86. The summed E-state index contributed by atoms with van der Waals surface area (Å²) in [5.74, 6) is 0. The van der Waals surface area contributed by atoms with Crippen LogP contribution < -0.4 is 5.32 Å². The summed E-state index contributed by atoms with van der Waals surface area (Å²) in [6, 6.07) is 6.18. The van der Waals surface area contributed by atoms with E-state index >= 15 is 0 Å². The van der Waals surface area contributed by atoms with Crippen LogP contribution in [0.3, 0.4) is 0 Å². The normalized spacial score (nSPS) is 13.6. The lowest BCUT2D eigenvalue weighted by Gasteiger charge is -2.20. The number of hydrogen-bond donors (Lipinski definition) is 2. The van der Waals surface area contributed by atoms with Gasteiger partial charge in [-0.25, -0.2) is 0 Å². The van der Waals surface area contributed by atoms with Gasteiger partial charge in [-0.3, -0.25) is 5.32 Å². The van der Waals surface area contributed by atoms with Crippen LogP contribution in [0.25, 0.3) is 0 Å². The zero-order chi connectivity index (χ0) is 13.6. The minimum Gasteiger partial charge on any atom is -0.394 e. The van der Waals surface area contributed by atoms with Gasteiger partial charge in [-0.1, -0.05) is 24.3 Å². The summed E-state index contributed by atoms with van der Waals surface area (Å²) in [6.07, 6.45) is -4.30. The topological polar surface area (TPSA) is 41.5 Å². The summed E-state index contributed by atoms with van der Waals surface area (Å²) in [6.45, 7) is -1.25. The number of aliphatic hydroxyl groups excluding tert-OH is 1. The van der Waals surface area contributed by atoms with Crippen LogP contribution in [0, 0.1) is 0 Å². The molecule has 0 bridgehead atoms. The zero-order valence-corrected chi connectivity index (χ0v) is 10.00. The number of rotatable bonds is 6. The molecule has 0 heterocycles. The molecule has 1 aromatic rings. The second kappa shape index (κ2) is 6.72. The molecule has 1 rings (SSSR count). The van der Waals surface area contributed by atoms with E-state index in [0.717, 1.165) is 5.56 Å². The highest BCUT2D eigenvalue weighted by Crippen LogP contribution is 2.21. The molecule has 6 heteroatoms. The quantitative estimate of drug-likeness (QED) is 0.825. The highest BCUT2D eigenvalue weighted by Gasteiger charge is 2.28. The summed E-state index contributed by atoms with van der Waals surface area (Å²) < 4.78 is 41.4. The summed E-state index contributed by atoms with van der Waals surface area (Å²) in [5, 5.41) is 11.5. The molecule has 0 radical (unpaired) electrons. The molecule has 0 aliphatic carbocycles. The predicted molar refractivity (Wildman–Crippen MR) is 61.0 cm³/mol. The van der Waals surface area contributed by atoms with Crippen molar-refractivity contribution in [2.24, 2.45) is 0 Å². The maximum absolute atomic E-state index is 12.1. The van der Waals surface area contributed by atoms with Gasteiger partial charge < -0.3 is 9.84 Å². The van der Waals surface area contributed by atoms with Gasteiger partial charge in [0.1, 0.15) is 0 Å². The number of methoxy groups -OCH3 is 1. The molecule has 0 aliphatic rings. The molecule has 0 aromatic heterocycles. The fourth-order valence-electron chi connectivity index (χ4n) is 1.67. The third-order valence-corrected chi connectivity index (χ3v) is 2.46. The van der Waals surface area contributed by atoms with Gasteiger partial charge in [0, 0.05) is 7.11 Å². The van der Waals surface area contributed by atoms with E-state index in [1.165, 1.54) is 7.11 Å². The molecule has 102 valence electrons. The summed E-state index contributed by atoms with van der Waals surface area (Å²) in [5.41, 5.74) is 1.37. The molecule has 0 spiro atoms. The molecular formula is C12H16F3NO2. The average molecular weight is 263 g/mol. The largest absolute Gasteiger partial charge is 0.401 e. The third kappa shape index (κ3) is 4.64. The van der Waals surface area contributed by atoms with Crippen molar-refractivity contribution in [2.45, 2.75) is 18.8 Å². The molecule has 1 aromatic carbocycles. The third-order valence-electron chi connectivity index (χ3n) is 2.46. The van der Waals surface area contributed by atoms with Gasteiger partial charge in [-0.15, -0.1) is 0 Å². The van der Waals surface area contributed by atoms with Crippen molar-refractivity contribution in [1.82, 2.24) is 5.32 Å². The predicted octanol–water partition coefficient (Wildman–Crippen LogP) is 2.02. The van der Waals surface area contributed by atoms with Crippen LogP contribution in [-0.2, 0) is 11.3 Å². The SMILES string of the molecule is COCc1ccccc1C(CO)NCC(F)(F)F. The van der Waals surface area contributed by atoms with Gasteiger partial charge in [-0.05, 0) is 11.1 Å². The zero-order valence-electron chi connectivity index (χ0n) is 10.00. The van der Waals surface area contributed by atoms with Crippen LogP contribution in [-0.4, -0.2) is 31.5 Å². The van der Waals surface area contributed by atoms with Gasteiger partial charge in [-0.2, -0.15) is 13.2 Å². The Bertz CT molecular complexity index is 369. The highest BCUT2D eigenvalue weighted by molar-refractivity contribution is 5.29. The molecular weight excluding hydrogens is 247 g/mol. The Morgan fingerprint density at radius 1 is 1.33 bits per heavy atom. The first-order valence-corrected chi connectivity index (χ1v) is 5.45. The first-order valence-electron chi connectivity index (χ1n) is 5.45. The number of nitrogens with one attached hydrogen (secondary N) is 1. The van der Waals surface area contributed by atoms with Crippen molar-refractivity contribution in [3.05, 3.63) is 35.4 Å². The van der Waals surface area contributed by atoms with Crippen molar-refractivity contribution >= 4 is 0 Å². The summed E-state index contributed by atoms with van der Waals surface area (Å²) >= 11 is 0. The lowest BCUT2D eigenvalue weighted by molar-refractivity contribution is -0.126. The molecule has 1 unspecified atom stereocenters. The van der Waals surface area contributed by atoms with Gasteiger partial charge in [0.15, 0.2) is 0 Å². The van der Waals surface area contributed by atoms with E-state index in [4.69, 9.17) is 4.74 Å². The van der Waals surface area contributed by atoms with Gasteiger partial charge >= 0.3 is 6.18 Å². The number of halogens is 3. The minimum atomic E-state index is -4.30. The van der Waals surface area contributed by atoms with E-state index in [9.17, 15) is 18.3 Å². The Kier molecular flexibility index (Phi) is 5.58. The molecule has 0 amide bonds. The van der Waals surface area contributed by atoms with Crippen LogP contribution in [0.1, 0.15) is 17.2 Å². The number of alkyl halides is 3. The highest BCUT2D eigenvalue weighted by atomic mass is 19.4. The maximum Gasteiger partial charge on any atom is 0.401 e. The summed E-state index contributed by atoms with van der Waals surface area (Å²) in [4.78, 5) is 0. The van der Waals surface area contributed by atoms with E-state index in [-0.39, 0.29) is 0 Å². The molecule has 3 nitrogen and oxygen atoms in total. The number of ether oxygens (including phenoxy) is 1. The van der Waals surface area contributed by atoms with Crippen LogP contribution in [0.15, 0.2) is 24.3 Å². The molecule has 0 saturated carbocycles. The van der Waals surface area contributed by atoms with Crippen molar-refractivity contribution in [1.29, 1.82) is 0 Å². The van der Waals surface area contributed by atoms with E-state index in [2.05, 4.69) is 5.32 Å². The first kappa shape index (κ1) is 14.9. The number of aliphatic hydroxyl groups is 1. The molecule has 1 atom stereocenters. The lowest BCUT2D eigenvalue weighted by atomic mass is 10.0. The maximum atomic E-state index is 12.1. The van der Waals surface area contributed by atoms with E-state index in [0.29, 0.717) is 12.2 Å². The Morgan fingerprint density at radius 3 is 2.56 bits per heavy atom. The Hall–Kier alpha value is -1.11. The average Bonchev–Trinajstić information content (AvgIpc) is 2.31. The second-order valence-electron chi connectivity index (χ2n) is 3.86. The van der Waals surface area contributed by atoms with E-state index in [1.807, 2.05) is 0 Å². The van der Waals surface area contributed by atoms with Gasteiger partial charge in [0.2, 0.25) is 0 Å². The van der Waals surface area contributed by atoms with Crippen molar-refractivity contribution in [2.75, 3.05) is 20.3 Å².